The SMILES string of the molecule is C=CC(=O)N1[C@H](C)CN(c2nc(=O)n3c4c(c(-c5cc(Cl)c(F)cc5F)c(Cl)cc24)SCC(OCCN(C)C)C3)C[C@@H]1C. The molecule has 1 saturated heterocycles. The van der Waals surface area contributed by atoms with Gasteiger partial charge < -0.3 is 19.4 Å². The Morgan fingerprint density at radius 1 is 1.14 bits per heavy atom. The van der Waals surface area contributed by atoms with Crippen LogP contribution in [0.5, 0.6) is 0 Å². The van der Waals surface area contributed by atoms with Gasteiger partial charge in [-0.25, -0.2) is 13.6 Å². The third-order valence-electron chi connectivity index (χ3n) is 7.77. The Labute approximate surface area is 263 Å². The van der Waals surface area contributed by atoms with Crippen LogP contribution in [0, 0.1) is 11.6 Å². The second-order valence-electron chi connectivity index (χ2n) is 11.2. The highest BCUT2D eigenvalue weighted by Crippen LogP contribution is 2.47. The molecule has 2 aromatic carbocycles. The van der Waals surface area contributed by atoms with Crippen LogP contribution in [0.4, 0.5) is 14.6 Å². The van der Waals surface area contributed by atoms with Crippen molar-refractivity contribution < 1.29 is 18.3 Å². The number of nitrogens with zero attached hydrogens (tertiary/aromatic N) is 5. The lowest BCUT2D eigenvalue weighted by atomic mass is 10.0. The van der Waals surface area contributed by atoms with E-state index in [1.807, 2.05) is 37.7 Å². The van der Waals surface area contributed by atoms with Crippen molar-refractivity contribution in [3.8, 4) is 11.1 Å². The summed E-state index contributed by atoms with van der Waals surface area (Å²) in [5.74, 6) is -0.976. The van der Waals surface area contributed by atoms with Crippen molar-refractivity contribution in [3.05, 3.63) is 63.0 Å². The largest absolute Gasteiger partial charge is 0.374 e. The predicted molar refractivity (Wildman–Crippen MR) is 169 cm³/mol. The lowest BCUT2D eigenvalue weighted by molar-refractivity contribution is -0.130. The maximum absolute atomic E-state index is 15.3. The Morgan fingerprint density at radius 2 is 1.84 bits per heavy atom. The number of likely N-dealkylation sites (N-methyl/N-ethyl adjacent to an activating group) is 1. The van der Waals surface area contributed by atoms with Crippen LogP contribution in [0.1, 0.15) is 13.8 Å². The number of halogens is 4. The molecule has 0 radical (unpaired) electrons. The minimum Gasteiger partial charge on any atom is -0.374 e. The van der Waals surface area contributed by atoms with Gasteiger partial charge in [0, 0.05) is 64.9 Å². The Bertz CT molecular complexity index is 1640. The summed E-state index contributed by atoms with van der Waals surface area (Å²) >= 11 is 14.4. The molecule has 13 heteroatoms. The summed E-state index contributed by atoms with van der Waals surface area (Å²) in [5.41, 5.74) is 0.413. The van der Waals surface area contributed by atoms with E-state index in [0.717, 1.165) is 6.07 Å². The number of aromatic nitrogens is 2. The van der Waals surface area contributed by atoms with Crippen molar-refractivity contribution in [1.29, 1.82) is 0 Å². The van der Waals surface area contributed by atoms with Gasteiger partial charge in [-0.2, -0.15) is 4.98 Å². The van der Waals surface area contributed by atoms with Gasteiger partial charge in [0.1, 0.15) is 17.5 Å². The number of anilines is 1. The highest BCUT2D eigenvalue weighted by Gasteiger charge is 2.35. The van der Waals surface area contributed by atoms with Crippen LogP contribution in [0.25, 0.3) is 22.0 Å². The molecule has 0 N–H and O–H groups in total. The first-order valence-corrected chi connectivity index (χ1v) is 15.7. The van der Waals surface area contributed by atoms with Crippen LogP contribution >= 0.6 is 35.0 Å². The van der Waals surface area contributed by atoms with Crippen molar-refractivity contribution in [1.82, 2.24) is 19.4 Å². The first kappa shape index (κ1) is 31.7. The minimum atomic E-state index is -0.881. The van der Waals surface area contributed by atoms with E-state index >= 15 is 4.39 Å². The van der Waals surface area contributed by atoms with E-state index in [0.29, 0.717) is 59.2 Å². The van der Waals surface area contributed by atoms with Gasteiger partial charge in [-0.15, -0.1) is 11.8 Å². The van der Waals surface area contributed by atoms with Crippen molar-refractivity contribution >= 4 is 57.6 Å². The summed E-state index contributed by atoms with van der Waals surface area (Å²) in [7, 11) is 3.90. The lowest BCUT2D eigenvalue weighted by Gasteiger charge is -2.44. The molecular formula is C30H33Cl2F2N5O3S. The average molecular weight is 653 g/mol. The second kappa shape index (κ2) is 12.7. The number of carbonyl (C=O) groups is 1. The molecule has 43 heavy (non-hydrogen) atoms. The highest BCUT2D eigenvalue weighted by atomic mass is 35.5. The van der Waals surface area contributed by atoms with Crippen LogP contribution < -0.4 is 10.6 Å². The standard InChI is InChI=1S/C30H33Cl2F2N5O3S/c1-6-25(40)39-16(2)12-37(13-17(39)3)29-20-10-22(32)26(19-9-21(31)24(34)11-23(19)33)28-27(20)38(30(41)35-29)14-18(15-43-28)42-8-7-36(4)5/h6,9-11,16-18H,1,7-8,12-15H2,2-5H3/t16-,17+,18?. The number of carbonyl (C=O) groups excluding carboxylic acids is 1. The zero-order valence-corrected chi connectivity index (χ0v) is 26.7. The average Bonchev–Trinajstić information content (AvgIpc) is 3.13. The first-order chi connectivity index (χ1) is 20.4. The number of thioether (sulfide) groups is 1. The van der Waals surface area contributed by atoms with Gasteiger partial charge in [0.05, 0.1) is 34.8 Å². The van der Waals surface area contributed by atoms with Gasteiger partial charge in [0.25, 0.3) is 0 Å². The van der Waals surface area contributed by atoms with Crippen LogP contribution in [0.3, 0.4) is 0 Å². The highest BCUT2D eigenvalue weighted by molar-refractivity contribution is 7.99. The van der Waals surface area contributed by atoms with Gasteiger partial charge in [0.15, 0.2) is 0 Å². The molecule has 3 heterocycles. The molecule has 1 aromatic heterocycles. The molecule has 1 unspecified atom stereocenters. The fraction of sp³-hybridized carbons (Fsp3) is 0.433. The van der Waals surface area contributed by atoms with E-state index in [1.54, 1.807) is 15.5 Å². The maximum atomic E-state index is 15.3. The molecule has 0 spiro atoms. The quantitative estimate of drug-likeness (QED) is 0.253. The van der Waals surface area contributed by atoms with Crippen molar-refractivity contribution in [2.45, 2.75) is 43.5 Å². The summed E-state index contributed by atoms with van der Waals surface area (Å²) in [6.07, 6.45) is 0.961. The van der Waals surface area contributed by atoms with E-state index in [9.17, 15) is 14.0 Å². The minimum absolute atomic E-state index is 0.0314. The second-order valence-corrected chi connectivity index (χ2v) is 13.0. The summed E-state index contributed by atoms with van der Waals surface area (Å²) < 4.78 is 37.1. The van der Waals surface area contributed by atoms with Gasteiger partial charge >= 0.3 is 5.69 Å². The normalized spacial score (nSPS) is 20.5. The number of amides is 1. The maximum Gasteiger partial charge on any atom is 0.350 e. The van der Waals surface area contributed by atoms with Crippen LogP contribution in [0.2, 0.25) is 10.0 Å². The van der Waals surface area contributed by atoms with E-state index in [1.165, 1.54) is 23.9 Å². The first-order valence-electron chi connectivity index (χ1n) is 13.9. The molecule has 0 bridgehead atoms. The molecule has 8 nitrogen and oxygen atoms in total. The van der Waals surface area contributed by atoms with Crippen molar-refractivity contribution in [3.63, 3.8) is 0 Å². The van der Waals surface area contributed by atoms with Crippen molar-refractivity contribution in [2.75, 3.05) is 51.0 Å². The third kappa shape index (κ3) is 6.15. The molecular weight excluding hydrogens is 619 g/mol. The molecule has 0 saturated carbocycles. The molecule has 3 atom stereocenters. The van der Waals surface area contributed by atoms with E-state index in [2.05, 4.69) is 11.6 Å². The molecule has 0 aliphatic carbocycles. The van der Waals surface area contributed by atoms with E-state index in [-0.39, 0.29) is 46.2 Å². The number of rotatable bonds is 7. The third-order valence-corrected chi connectivity index (χ3v) is 9.58. The van der Waals surface area contributed by atoms with Crippen LogP contribution in [-0.4, -0.2) is 89.5 Å². The van der Waals surface area contributed by atoms with Crippen LogP contribution in [-0.2, 0) is 16.1 Å². The van der Waals surface area contributed by atoms with Gasteiger partial charge in [-0.3, -0.25) is 9.36 Å². The molecule has 1 amide bonds. The number of hydrogen-bond donors (Lipinski definition) is 0. The molecule has 2 aliphatic heterocycles. The summed E-state index contributed by atoms with van der Waals surface area (Å²) in [5, 5.41) is 0.575. The molecule has 3 aromatic rings. The summed E-state index contributed by atoms with van der Waals surface area (Å²) in [6, 6.07) is 3.26. The molecule has 230 valence electrons. The number of hydrogen-bond acceptors (Lipinski definition) is 7. The van der Waals surface area contributed by atoms with Crippen LogP contribution in [0.15, 0.2) is 40.5 Å². The Hall–Kier alpha value is -2.70. The van der Waals surface area contributed by atoms with Gasteiger partial charge in [-0.1, -0.05) is 29.8 Å². The smallest absolute Gasteiger partial charge is 0.350 e. The van der Waals surface area contributed by atoms with Gasteiger partial charge in [0.2, 0.25) is 5.91 Å². The topological polar surface area (TPSA) is 70.9 Å². The van der Waals surface area contributed by atoms with E-state index < -0.39 is 17.3 Å². The molecule has 2 aliphatic rings. The number of piperazine rings is 1. The molecule has 5 rings (SSSR count). The number of ether oxygens (including phenoxy) is 1. The van der Waals surface area contributed by atoms with Gasteiger partial charge in [-0.05, 0) is 46.2 Å². The summed E-state index contributed by atoms with van der Waals surface area (Å²) in [4.78, 5) is 37.1. The lowest BCUT2D eigenvalue weighted by Crippen LogP contribution is -2.58. The monoisotopic (exact) mass is 651 g/mol. The van der Waals surface area contributed by atoms with E-state index in [4.69, 9.17) is 27.9 Å². The fourth-order valence-corrected chi connectivity index (χ4v) is 7.65. The zero-order chi connectivity index (χ0) is 31.2. The predicted octanol–water partition coefficient (Wildman–Crippen LogP) is 5.31. The molecule has 1 fully saturated rings. The Balaban J connectivity index is 1.70. The Morgan fingerprint density at radius 3 is 2.49 bits per heavy atom. The Kier molecular flexibility index (Phi) is 9.39. The van der Waals surface area contributed by atoms with Crippen molar-refractivity contribution in [2.24, 2.45) is 0 Å². The summed E-state index contributed by atoms with van der Waals surface area (Å²) in [6.45, 7) is 9.73. The zero-order valence-electron chi connectivity index (χ0n) is 24.4. The fourth-order valence-electron chi connectivity index (χ4n) is 5.85. The number of benzene rings is 2.